The third kappa shape index (κ3) is 3.94. The standard InChI is InChI=1S/C21H22F3N5O2/c1-12(2)14-10-17(21(22,23)24)29-18(26-14)11-15(27-29)16-5-4-8-28(16)20(30)13-6-7-25-19(9-13)31-3/h6-7,9-12,16H,4-5,8H2,1-3H3. The normalized spacial score (nSPS) is 17.0. The summed E-state index contributed by atoms with van der Waals surface area (Å²) >= 11 is 0. The Morgan fingerprint density at radius 3 is 2.71 bits per heavy atom. The van der Waals surface area contributed by atoms with Gasteiger partial charge in [-0.15, -0.1) is 0 Å². The lowest BCUT2D eigenvalue weighted by Gasteiger charge is -2.23. The summed E-state index contributed by atoms with van der Waals surface area (Å²) < 4.78 is 46.9. The largest absolute Gasteiger partial charge is 0.481 e. The van der Waals surface area contributed by atoms with Crippen molar-refractivity contribution in [2.75, 3.05) is 13.7 Å². The average molecular weight is 433 g/mol. The highest BCUT2D eigenvalue weighted by Gasteiger charge is 2.37. The molecular formula is C21H22F3N5O2. The zero-order chi connectivity index (χ0) is 22.3. The van der Waals surface area contributed by atoms with Crippen LogP contribution in [0.4, 0.5) is 13.2 Å². The number of ether oxygens (including phenoxy) is 1. The molecule has 0 saturated carbocycles. The summed E-state index contributed by atoms with van der Waals surface area (Å²) in [7, 11) is 1.46. The second-order valence-electron chi connectivity index (χ2n) is 7.80. The van der Waals surface area contributed by atoms with Crippen molar-refractivity contribution in [2.45, 2.75) is 44.8 Å². The van der Waals surface area contributed by atoms with Crippen LogP contribution in [0, 0.1) is 0 Å². The Morgan fingerprint density at radius 2 is 2.03 bits per heavy atom. The molecule has 0 spiro atoms. The maximum absolute atomic E-state index is 13.7. The summed E-state index contributed by atoms with van der Waals surface area (Å²) in [5.74, 6) is -0.0997. The summed E-state index contributed by atoms with van der Waals surface area (Å²) in [6, 6.07) is 5.28. The minimum Gasteiger partial charge on any atom is -0.481 e. The Labute approximate surface area is 176 Å². The molecule has 1 amide bonds. The third-order valence-electron chi connectivity index (χ3n) is 5.39. The molecule has 0 bridgehead atoms. The molecule has 7 nitrogen and oxygen atoms in total. The second kappa shape index (κ2) is 7.82. The number of carbonyl (C=O) groups is 1. The van der Waals surface area contributed by atoms with E-state index in [0.717, 1.165) is 17.0 Å². The summed E-state index contributed by atoms with van der Waals surface area (Å²) in [4.78, 5) is 23.1. The quantitative estimate of drug-likeness (QED) is 0.615. The zero-order valence-electron chi connectivity index (χ0n) is 17.3. The number of carbonyl (C=O) groups excluding carboxylic acids is 1. The van der Waals surface area contributed by atoms with Gasteiger partial charge in [-0.25, -0.2) is 14.5 Å². The van der Waals surface area contributed by atoms with Gasteiger partial charge in [-0.2, -0.15) is 18.3 Å². The van der Waals surface area contributed by atoms with E-state index in [-0.39, 0.29) is 17.5 Å². The second-order valence-corrected chi connectivity index (χ2v) is 7.80. The van der Waals surface area contributed by atoms with Crippen molar-refractivity contribution in [1.29, 1.82) is 0 Å². The molecule has 1 saturated heterocycles. The van der Waals surface area contributed by atoms with Gasteiger partial charge in [0.2, 0.25) is 5.88 Å². The molecule has 164 valence electrons. The minimum absolute atomic E-state index is 0.124. The van der Waals surface area contributed by atoms with Crippen molar-refractivity contribution >= 4 is 11.6 Å². The van der Waals surface area contributed by atoms with Gasteiger partial charge in [-0.1, -0.05) is 13.8 Å². The number of fused-ring (bicyclic) bond motifs is 1. The van der Waals surface area contributed by atoms with E-state index in [1.54, 1.807) is 36.9 Å². The molecule has 10 heteroatoms. The first-order valence-corrected chi connectivity index (χ1v) is 9.98. The van der Waals surface area contributed by atoms with Gasteiger partial charge in [-0.3, -0.25) is 4.79 Å². The maximum atomic E-state index is 13.7. The van der Waals surface area contributed by atoms with Crippen molar-refractivity contribution in [3.05, 3.63) is 53.1 Å². The number of pyridine rings is 1. The highest BCUT2D eigenvalue weighted by Crippen LogP contribution is 2.35. The van der Waals surface area contributed by atoms with E-state index >= 15 is 0 Å². The number of methoxy groups -OCH3 is 1. The lowest BCUT2D eigenvalue weighted by atomic mass is 10.1. The van der Waals surface area contributed by atoms with Crippen LogP contribution in [-0.4, -0.2) is 44.0 Å². The van der Waals surface area contributed by atoms with Crippen LogP contribution in [0.2, 0.25) is 0 Å². The van der Waals surface area contributed by atoms with Gasteiger partial charge in [0.05, 0.1) is 18.8 Å². The Morgan fingerprint density at radius 1 is 1.26 bits per heavy atom. The molecule has 0 N–H and O–H groups in total. The first kappa shape index (κ1) is 21.1. The van der Waals surface area contributed by atoms with Crippen LogP contribution in [0.5, 0.6) is 5.88 Å². The van der Waals surface area contributed by atoms with Crippen LogP contribution < -0.4 is 4.74 Å². The van der Waals surface area contributed by atoms with E-state index < -0.39 is 17.9 Å². The van der Waals surface area contributed by atoms with Crippen LogP contribution in [0.15, 0.2) is 30.5 Å². The zero-order valence-corrected chi connectivity index (χ0v) is 17.3. The van der Waals surface area contributed by atoms with Crippen LogP contribution in [0.1, 0.15) is 66.1 Å². The number of halogens is 3. The van der Waals surface area contributed by atoms with E-state index in [9.17, 15) is 18.0 Å². The van der Waals surface area contributed by atoms with Crippen LogP contribution >= 0.6 is 0 Å². The number of hydrogen-bond donors (Lipinski definition) is 0. The van der Waals surface area contributed by atoms with Crippen molar-refractivity contribution in [3.8, 4) is 5.88 Å². The number of hydrogen-bond acceptors (Lipinski definition) is 5. The van der Waals surface area contributed by atoms with E-state index in [4.69, 9.17) is 4.74 Å². The Bertz CT molecular complexity index is 1130. The fourth-order valence-corrected chi connectivity index (χ4v) is 3.81. The lowest BCUT2D eigenvalue weighted by Crippen LogP contribution is -2.30. The van der Waals surface area contributed by atoms with Crippen molar-refractivity contribution < 1.29 is 22.7 Å². The van der Waals surface area contributed by atoms with Gasteiger partial charge in [0, 0.05) is 36.1 Å². The maximum Gasteiger partial charge on any atom is 0.433 e. The third-order valence-corrected chi connectivity index (χ3v) is 5.39. The number of rotatable bonds is 4. The Hall–Kier alpha value is -3.17. The summed E-state index contributed by atoms with van der Waals surface area (Å²) in [6.07, 6.45) is -1.76. The molecule has 1 unspecified atom stereocenters. The van der Waals surface area contributed by atoms with Gasteiger partial charge in [0.15, 0.2) is 5.65 Å². The van der Waals surface area contributed by atoms with Crippen LogP contribution in [0.25, 0.3) is 5.65 Å². The van der Waals surface area contributed by atoms with Crippen LogP contribution in [-0.2, 0) is 6.18 Å². The highest BCUT2D eigenvalue weighted by molar-refractivity contribution is 5.94. The number of amides is 1. The van der Waals surface area contributed by atoms with Gasteiger partial charge < -0.3 is 9.64 Å². The number of alkyl halides is 3. The molecule has 1 aliphatic rings. The summed E-state index contributed by atoms with van der Waals surface area (Å²) in [6.45, 7) is 4.06. The van der Waals surface area contributed by atoms with E-state index in [1.807, 2.05) is 0 Å². The Kier molecular flexibility index (Phi) is 5.32. The molecular weight excluding hydrogens is 411 g/mol. The molecule has 1 atom stereocenters. The number of aromatic nitrogens is 4. The first-order valence-electron chi connectivity index (χ1n) is 9.98. The fraction of sp³-hybridized carbons (Fsp3) is 0.429. The average Bonchev–Trinajstić information content (AvgIpc) is 3.38. The summed E-state index contributed by atoms with van der Waals surface area (Å²) in [5.41, 5.74) is 0.389. The summed E-state index contributed by atoms with van der Waals surface area (Å²) in [5, 5.41) is 4.22. The van der Waals surface area contributed by atoms with Crippen molar-refractivity contribution in [2.24, 2.45) is 0 Å². The Balaban J connectivity index is 1.74. The molecule has 3 aromatic rings. The predicted octanol–water partition coefficient (Wildman–Crippen LogP) is 4.25. The first-order chi connectivity index (χ1) is 14.7. The SMILES string of the molecule is COc1cc(C(=O)N2CCCC2c2cc3nc(C(C)C)cc(C(F)(F)F)n3n2)ccn1. The molecule has 1 aliphatic heterocycles. The molecule has 0 radical (unpaired) electrons. The highest BCUT2D eigenvalue weighted by atomic mass is 19.4. The molecule has 3 aromatic heterocycles. The molecule has 4 rings (SSSR count). The molecule has 0 aliphatic carbocycles. The van der Waals surface area contributed by atoms with Crippen LogP contribution in [0.3, 0.4) is 0 Å². The smallest absolute Gasteiger partial charge is 0.433 e. The monoisotopic (exact) mass is 433 g/mol. The lowest BCUT2D eigenvalue weighted by molar-refractivity contribution is -0.142. The van der Waals surface area contributed by atoms with Gasteiger partial charge in [0.1, 0.15) is 5.69 Å². The molecule has 31 heavy (non-hydrogen) atoms. The fourth-order valence-electron chi connectivity index (χ4n) is 3.81. The van der Waals surface area contributed by atoms with Crippen molar-refractivity contribution in [3.63, 3.8) is 0 Å². The molecule has 1 fully saturated rings. The van der Waals surface area contributed by atoms with Gasteiger partial charge in [0.25, 0.3) is 5.91 Å². The minimum atomic E-state index is -4.58. The predicted molar refractivity (Wildman–Crippen MR) is 106 cm³/mol. The van der Waals surface area contributed by atoms with E-state index in [1.165, 1.54) is 13.3 Å². The number of likely N-dealkylation sites (tertiary alicyclic amines) is 1. The van der Waals surface area contributed by atoms with E-state index in [2.05, 4.69) is 15.1 Å². The van der Waals surface area contributed by atoms with Gasteiger partial charge >= 0.3 is 6.18 Å². The van der Waals surface area contributed by atoms with Crippen molar-refractivity contribution in [1.82, 2.24) is 24.5 Å². The number of nitrogens with zero attached hydrogens (tertiary/aromatic N) is 5. The van der Waals surface area contributed by atoms with Gasteiger partial charge in [-0.05, 0) is 30.9 Å². The molecule has 4 heterocycles. The van der Waals surface area contributed by atoms with E-state index in [0.29, 0.717) is 35.8 Å². The topological polar surface area (TPSA) is 72.6 Å². The molecule has 0 aromatic carbocycles.